The van der Waals surface area contributed by atoms with Gasteiger partial charge in [0.1, 0.15) is 11.2 Å². The van der Waals surface area contributed by atoms with Crippen LogP contribution < -0.4 is 0 Å². The van der Waals surface area contributed by atoms with Crippen LogP contribution in [0.15, 0.2) is 12.4 Å². The van der Waals surface area contributed by atoms with Crippen molar-refractivity contribution < 1.29 is 9.53 Å². The first-order chi connectivity index (χ1) is 11.7. The third-order valence-electron chi connectivity index (χ3n) is 4.07. The van der Waals surface area contributed by atoms with Gasteiger partial charge in [0.25, 0.3) is 5.91 Å². The van der Waals surface area contributed by atoms with Crippen LogP contribution in [-0.2, 0) is 17.6 Å². The number of amides is 1. The summed E-state index contributed by atoms with van der Waals surface area (Å²) < 4.78 is 9.62. The van der Waals surface area contributed by atoms with Crippen LogP contribution in [0.25, 0.3) is 0 Å². The summed E-state index contributed by atoms with van der Waals surface area (Å²) in [6.45, 7) is 6.38. The summed E-state index contributed by atoms with van der Waals surface area (Å²) in [5.74, 6) is 0.230. The van der Waals surface area contributed by atoms with E-state index < -0.39 is 0 Å². The Morgan fingerprint density at radius 2 is 2.33 bits per heavy atom. The van der Waals surface area contributed by atoms with E-state index >= 15 is 0 Å². The minimum atomic E-state index is 0.0104. The Morgan fingerprint density at radius 1 is 1.46 bits per heavy atom. The molecule has 7 nitrogen and oxygen atoms in total. The SMILES string of the molecule is CCc1nnsc1C(=O)N1CCOC[C@H](Cc2cc(C)ncn2)C1. The van der Waals surface area contributed by atoms with Gasteiger partial charge in [-0.2, -0.15) is 0 Å². The van der Waals surface area contributed by atoms with E-state index in [-0.39, 0.29) is 11.8 Å². The number of rotatable bonds is 4. The third-order valence-corrected chi connectivity index (χ3v) is 4.82. The maximum atomic E-state index is 12.8. The zero-order valence-electron chi connectivity index (χ0n) is 13.9. The largest absolute Gasteiger partial charge is 0.379 e. The molecule has 2 aromatic rings. The number of nitrogens with zero attached hydrogens (tertiary/aromatic N) is 5. The Balaban J connectivity index is 1.71. The molecule has 0 radical (unpaired) electrons. The Hall–Kier alpha value is -1.93. The monoisotopic (exact) mass is 347 g/mol. The number of hydrogen-bond donors (Lipinski definition) is 0. The molecule has 8 heteroatoms. The average Bonchev–Trinajstić information content (AvgIpc) is 2.93. The highest BCUT2D eigenvalue weighted by molar-refractivity contribution is 7.08. The second-order valence-electron chi connectivity index (χ2n) is 5.95. The van der Waals surface area contributed by atoms with Gasteiger partial charge in [-0.1, -0.05) is 11.4 Å². The van der Waals surface area contributed by atoms with Gasteiger partial charge in [0, 0.05) is 30.4 Å². The van der Waals surface area contributed by atoms with Gasteiger partial charge in [-0.05, 0) is 37.4 Å². The molecule has 1 fully saturated rings. The van der Waals surface area contributed by atoms with Crippen molar-refractivity contribution in [2.45, 2.75) is 26.7 Å². The predicted molar refractivity (Wildman–Crippen MR) is 90.0 cm³/mol. The van der Waals surface area contributed by atoms with Crippen LogP contribution >= 0.6 is 11.5 Å². The van der Waals surface area contributed by atoms with Crippen molar-refractivity contribution in [2.75, 3.05) is 26.3 Å². The first-order valence-electron chi connectivity index (χ1n) is 8.13. The molecule has 128 valence electrons. The molecule has 0 N–H and O–H groups in total. The number of carbonyl (C=O) groups excluding carboxylic acids is 1. The number of hydrogen-bond acceptors (Lipinski definition) is 7. The number of ether oxygens (including phenoxy) is 1. The summed E-state index contributed by atoms with van der Waals surface area (Å²) in [6, 6.07) is 1.99. The van der Waals surface area contributed by atoms with Crippen LogP contribution in [0.2, 0.25) is 0 Å². The summed E-state index contributed by atoms with van der Waals surface area (Å²) in [7, 11) is 0. The van der Waals surface area contributed by atoms with Crippen molar-refractivity contribution in [3.8, 4) is 0 Å². The van der Waals surface area contributed by atoms with Crippen LogP contribution in [0.5, 0.6) is 0 Å². The third kappa shape index (κ3) is 3.93. The molecule has 0 spiro atoms. The molecule has 1 aliphatic heterocycles. The molecule has 1 saturated heterocycles. The highest BCUT2D eigenvalue weighted by Gasteiger charge is 2.26. The molecule has 0 saturated carbocycles. The summed E-state index contributed by atoms with van der Waals surface area (Å²) in [4.78, 5) is 23.8. The first-order valence-corrected chi connectivity index (χ1v) is 8.90. The lowest BCUT2D eigenvalue weighted by Gasteiger charge is -2.23. The number of aryl methyl sites for hydroxylation is 2. The van der Waals surface area contributed by atoms with Crippen LogP contribution in [0.3, 0.4) is 0 Å². The molecular formula is C16H21N5O2S. The normalized spacial score (nSPS) is 18.4. The van der Waals surface area contributed by atoms with Crippen molar-refractivity contribution in [3.63, 3.8) is 0 Å². The molecule has 0 unspecified atom stereocenters. The van der Waals surface area contributed by atoms with E-state index in [1.54, 1.807) is 6.33 Å². The Kier molecular flexibility index (Phi) is 5.47. The zero-order chi connectivity index (χ0) is 16.9. The fraction of sp³-hybridized carbons (Fsp3) is 0.562. The fourth-order valence-electron chi connectivity index (χ4n) is 2.85. The van der Waals surface area contributed by atoms with Gasteiger partial charge in [0.15, 0.2) is 0 Å². The molecule has 0 aromatic carbocycles. The lowest BCUT2D eigenvalue weighted by molar-refractivity contribution is 0.0741. The molecule has 0 bridgehead atoms. The standard InChI is InChI=1S/C16H21N5O2S/c1-3-14-15(24-20-19-14)16(22)21-4-5-23-9-12(8-21)7-13-6-11(2)17-10-18-13/h6,10,12H,3-5,7-9H2,1-2H3/t12-/m1/s1. The van der Waals surface area contributed by atoms with Crippen LogP contribution in [-0.4, -0.2) is 56.7 Å². The summed E-state index contributed by atoms with van der Waals surface area (Å²) >= 11 is 1.18. The second-order valence-corrected chi connectivity index (χ2v) is 6.70. The second kappa shape index (κ2) is 7.76. The molecule has 1 amide bonds. The van der Waals surface area contributed by atoms with E-state index in [2.05, 4.69) is 19.6 Å². The average molecular weight is 347 g/mol. The van der Waals surface area contributed by atoms with E-state index in [0.717, 1.165) is 23.5 Å². The molecule has 3 rings (SSSR count). The lowest BCUT2D eigenvalue weighted by Crippen LogP contribution is -2.36. The zero-order valence-corrected chi connectivity index (χ0v) is 14.8. The number of carbonyl (C=O) groups is 1. The molecule has 1 atom stereocenters. The topological polar surface area (TPSA) is 81.1 Å². The summed E-state index contributed by atoms with van der Waals surface area (Å²) in [6.07, 6.45) is 3.07. The minimum Gasteiger partial charge on any atom is -0.379 e. The molecular weight excluding hydrogens is 326 g/mol. The van der Waals surface area contributed by atoms with Gasteiger partial charge in [-0.3, -0.25) is 4.79 Å². The Labute approximate surface area is 145 Å². The van der Waals surface area contributed by atoms with Gasteiger partial charge >= 0.3 is 0 Å². The Morgan fingerprint density at radius 3 is 3.12 bits per heavy atom. The quantitative estimate of drug-likeness (QED) is 0.834. The van der Waals surface area contributed by atoms with Crippen molar-refractivity contribution in [2.24, 2.45) is 5.92 Å². The highest BCUT2D eigenvalue weighted by Crippen LogP contribution is 2.18. The van der Waals surface area contributed by atoms with Crippen LogP contribution in [0.1, 0.15) is 33.7 Å². The van der Waals surface area contributed by atoms with Crippen LogP contribution in [0.4, 0.5) is 0 Å². The van der Waals surface area contributed by atoms with E-state index in [9.17, 15) is 4.79 Å². The first kappa shape index (κ1) is 16.9. The van der Waals surface area contributed by atoms with Gasteiger partial charge in [0.05, 0.1) is 18.9 Å². The predicted octanol–water partition coefficient (Wildman–Crippen LogP) is 1.53. The fourth-order valence-corrected chi connectivity index (χ4v) is 3.57. The molecule has 24 heavy (non-hydrogen) atoms. The van der Waals surface area contributed by atoms with Crippen molar-refractivity contribution in [1.29, 1.82) is 0 Å². The Bertz CT molecular complexity index is 705. The van der Waals surface area contributed by atoms with Gasteiger partial charge in [0.2, 0.25) is 0 Å². The van der Waals surface area contributed by atoms with Gasteiger partial charge < -0.3 is 9.64 Å². The lowest BCUT2D eigenvalue weighted by atomic mass is 10.0. The van der Waals surface area contributed by atoms with Crippen molar-refractivity contribution in [3.05, 3.63) is 34.4 Å². The van der Waals surface area contributed by atoms with Gasteiger partial charge in [-0.15, -0.1) is 5.10 Å². The molecule has 0 aliphatic carbocycles. The van der Waals surface area contributed by atoms with E-state index in [1.165, 1.54) is 11.5 Å². The number of aromatic nitrogens is 4. The maximum absolute atomic E-state index is 12.8. The molecule has 1 aliphatic rings. The molecule has 2 aromatic heterocycles. The smallest absolute Gasteiger partial charge is 0.267 e. The van der Waals surface area contributed by atoms with Crippen molar-refractivity contribution in [1.82, 2.24) is 24.5 Å². The van der Waals surface area contributed by atoms with E-state index in [0.29, 0.717) is 37.6 Å². The van der Waals surface area contributed by atoms with Crippen LogP contribution in [0, 0.1) is 12.8 Å². The van der Waals surface area contributed by atoms with Crippen molar-refractivity contribution >= 4 is 17.4 Å². The van der Waals surface area contributed by atoms with Gasteiger partial charge in [-0.25, -0.2) is 9.97 Å². The summed E-state index contributed by atoms with van der Waals surface area (Å²) in [5, 5.41) is 4.04. The van der Waals surface area contributed by atoms with E-state index in [4.69, 9.17) is 4.74 Å². The molecule has 3 heterocycles. The maximum Gasteiger partial charge on any atom is 0.267 e. The minimum absolute atomic E-state index is 0.0104. The highest BCUT2D eigenvalue weighted by atomic mass is 32.1. The van der Waals surface area contributed by atoms with E-state index in [1.807, 2.05) is 24.8 Å². The summed E-state index contributed by atoms with van der Waals surface area (Å²) in [5.41, 5.74) is 2.71.